The van der Waals surface area contributed by atoms with Gasteiger partial charge in [-0.15, -0.1) is 0 Å². The third-order valence-electron chi connectivity index (χ3n) is 3.63. The number of rotatable bonds is 4. The van der Waals surface area contributed by atoms with Crippen molar-refractivity contribution in [1.82, 2.24) is 9.21 Å². The van der Waals surface area contributed by atoms with Crippen LogP contribution in [-0.2, 0) is 10.0 Å². The van der Waals surface area contributed by atoms with Crippen LogP contribution in [0.1, 0.15) is 18.1 Å². The number of nitrogens with zero attached hydrogens (tertiary/aromatic N) is 2. The van der Waals surface area contributed by atoms with E-state index >= 15 is 0 Å². The monoisotopic (exact) mass is 298 g/mol. The van der Waals surface area contributed by atoms with Crippen molar-refractivity contribution in [2.24, 2.45) is 0 Å². The van der Waals surface area contributed by atoms with Gasteiger partial charge in [-0.25, -0.2) is 12.7 Å². The molecule has 1 aliphatic heterocycles. The predicted octanol–water partition coefficient (Wildman–Crippen LogP) is 0.687. The van der Waals surface area contributed by atoms with Crippen LogP contribution in [0.25, 0.3) is 0 Å². The Morgan fingerprint density at radius 1 is 1.15 bits per heavy atom. The van der Waals surface area contributed by atoms with E-state index in [9.17, 15) is 13.5 Å². The Bertz CT molecular complexity index is 518. The van der Waals surface area contributed by atoms with Crippen LogP contribution < -0.4 is 0 Å². The molecule has 1 N–H and O–H groups in total. The van der Waals surface area contributed by atoms with E-state index in [-0.39, 0.29) is 0 Å². The number of aliphatic hydroxyl groups is 1. The van der Waals surface area contributed by atoms with Crippen LogP contribution in [-0.4, -0.2) is 61.7 Å². The first-order valence-corrected chi connectivity index (χ1v) is 8.72. The highest BCUT2D eigenvalue weighted by Gasteiger charge is 2.22. The molecule has 5 nitrogen and oxygen atoms in total. The standard InChI is InChI=1S/C14H22N2O3S/c1-20(18,19)16-9-5-8-15(10-11-16)12-14(17)13-6-3-2-4-7-13/h2-4,6-7,14,17H,5,8-12H2,1H3/t14-/m1/s1. The van der Waals surface area contributed by atoms with Gasteiger partial charge in [0.1, 0.15) is 0 Å². The molecule has 2 rings (SSSR count). The van der Waals surface area contributed by atoms with Crippen molar-refractivity contribution in [2.45, 2.75) is 12.5 Å². The highest BCUT2D eigenvalue weighted by molar-refractivity contribution is 7.88. The maximum Gasteiger partial charge on any atom is 0.211 e. The molecule has 1 aromatic rings. The Balaban J connectivity index is 1.91. The van der Waals surface area contributed by atoms with E-state index in [0.717, 1.165) is 18.5 Å². The molecule has 1 fully saturated rings. The lowest BCUT2D eigenvalue weighted by molar-refractivity contribution is 0.116. The van der Waals surface area contributed by atoms with Crippen molar-refractivity contribution >= 4 is 10.0 Å². The van der Waals surface area contributed by atoms with E-state index < -0.39 is 16.1 Å². The molecule has 0 saturated carbocycles. The quantitative estimate of drug-likeness (QED) is 0.888. The van der Waals surface area contributed by atoms with Gasteiger partial charge < -0.3 is 5.11 Å². The Kier molecular flexibility index (Phi) is 5.15. The van der Waals surface area contributed by atoms with Crippen LogP contribution in [0.3, 0.4) is 0 Å². The first-order chi connectivity index (χ1) is 9.47. The summed E-state index contributed by atoms with van der Waals surface area (Å²) in [6.45, 7) is 3.09. The van der Waals surface area contributed by atoms with E-state index in [1.165, 1.54) is 10.6 Å². The lowest BCUT2D eigenvalue weighted by atomic mass is 10.1. The van der Waals surface area contributed by atoms with Crippen molar-refractivity contribution in [2.75, 3.05) is 39.0 Å². The zero-order valence-electron chi connectivity index (χ0n) is 11.8. The van der Waals surface area contributed by atoms with Crippen molar-refractivity contribution < 1.29 is 13.5 Å². The summed E-state index contributed by atoms with van der Waals surface area (Å²) in [4.78, 5) is 2.13. The molecule has 0 unspecified atom stereocenters. The van der Waals surface area contributed by atoms with Crippen LogP contribution in [0, 0.1) is 0 Å². The first-order valence-electron chi connectivity index (χ1n) is 6.87. The molecule has 1 atom stereocenters. The molecule has 20 heavy (non-hydrogen) atoms. The second-order valence-electron chi connectivity index (χ2n) is 5.24. The van der Waals surface area contributed by atoms with Crippen molar-refractivity contribution in [3.63, 3.8) is 0 Å². The molecular formula is C14H22N2O3S. The number of aliphatic hydroxyl groups excluding tert-OH is 1. The van der Waals surface area contributed by atoms with Crippen molar-refractivity contribution in [3.05, 3.63) is 35.9 Å². The lowest BCUT2D eigenvalue weighted by Crippen LogP contribution is -2.35. The van der Waals surface area contributed by atoms with Gasteiger partial charge in [0, 0.05) is 26.2 Å². The van der Waals surface area contributed by atoms with Crippen LogP contribution in [0.5, 0.6) is 0 Å². The van der Waals surface area contributed by atoms with Gasteiger partial charge in [-0.2, -0.15) is 0 Å². The van der Waals surface area contributed by atoms with E-state index in [2.05, 4.69) is 4.90 Å². The number of benzene rings is 1. The predicted molar refractivity (Wildman–Crippen MR) is 78.9 cm³/mol. The molecule has 0 aromatic heterocycles. The van der Waals surface area contributed by atoms with E-state index in [1.807, 2.05) is 30.3 Å². The highest BCUT2D eigenvalue weighted by Crippen LogP contribution is 2.15. The molecule has 1 heterocycles. The minimum atomic E-state index is -3.11. The van der Waals surface area contributed by atoms with E-state index in [4.69, 9.17) is 0 Å². The summed E-state index contributed by atoms with van der Waals surface area (Å²) in [5.41, 5.74) is 0.900. The third kappa shape index (κ3) is 4.28. The van der Waals surface area contributed by atoms with Gasteiger partial charge in [0.25, 0.3) is 0 Å². The lowest BCUT2D eigenvalue weighted by Gasteiger charge is -2.23. The zero-order valence-corrected chi connectivity index (χ0v) is 12.6. The number of sulfonamides is 1. The maximum absolute atomic E-state index is 11.5. The minimum absolute atomic E-state index is 0.500. The fraction of sp³-hybridized carbons (Fsp3) is 0.571. The van der Waals surface area contributed by atoms with Crippen LogP contribution in [0.4, 0.5) is 0 Å². The van der Waals surface area contributed by atoms with Gasteiger partial charge in [-0.05, 0) is 18.5 Å². The Labute approximate surface area is 120 Å². The SMILES string of the molecule is CS(=O)(=O)N1CCCN(C[C@@H](O)c2ccccc2)CC1. The fourth-order valence-corrected chi connectivity index (χ4v) is 3.36. The largest absolute Gasteiger partial charge is 0.387 e. The molecule has 0 bridgehead atoms. The van der Waals surface area contributed by atoms with E-state index in [0.29, 0.717) is 26.2 Å². The molecule has 0 radical (unpaired) electrons. The average Bonchev–Trinajstić information content (AvgIpc) is 2.65. The van der Waals surface area contributed by atoms with Crippen LogP contribution >= 0.6 is 0 Å². The van der Waals surface area contributed by atoms with Gasteiger partial charge in [-0.3, -0.25) is 4.90 Å². The summed E-state index contributed by atoms with van der Waals surface area (Å²) >= 11 is 0. The Hall–Kier alpha value is -0.950. The Morgan fingerprint density at radius 2 is 1.85 bits per heavy atom. The molecule has 6 heteroatoms. The number of hydrogen-bond donors (Lipinski definition) is 1. The molecule has 1 aromatic carbocycles. The molecule has 0 aliphatic carbocycles. The average molecular weight is 298 g/mol. The van der Waals surface area contributed by atoms with Crippen LogP contribution in [0.15, 0.2) is 30.3 Å². The summed E-state index contributed by atoms with van der Waals surface area (Å²) in [6.07, 6.45) is 1.52. The topological polar surface area (TPSA) is 60.9 Å². The maximum atomic E-state index is 11.5. The summed E-state index contributed by atoms with van der Waals surface area (Å²) in [7, 11) is -3.11. The minimum Gasteiger partial charge on any atom is -0.387 e. The molecule has 1 aliphatic rings. The zero-order chi connectivity index (χ0) is 14.6. The summed E-state index contributed by atoms with van der Waals surface area (Å²) < 4.78 is 24.6. The smallest absolute Gasteiger partial charge is 0.211 e. The molecule has 0 spiro atoms. The first kappa shape index (κ1) is 15.4. The fourth-order valence-electron chi connectivity index (χ4n) is 2.49. The Morgan fingerprint density at radius 3 is 2.50 bits per heavy atom. The van der Waals surface area contributed by atoms with Crippen molar-refractivity contribution in [1.29, 1.82) is 0 Å². The number of hydrogen-bond acceptors (Lipinski definition) is 4. The van der Waals surface area contributed by atoms with Crippen LogP contribution in [0.2, 0.25) is 0 Å². The molecule has 1 saturated heterocycles. The van der Waals surface area contributed by atoms with E-state index in [1.54, 1.807) is 0 Å². The van der Waals surface area contributed by atoms with Gasteiger partial charge in [0.2, 0.25) is 10.0 Å². The van der Waals surface area contributed by atoms with Gasteiger partial charge in [0.05, 0.1) is 12.4 Å². The normalized spacial score (nSPS) is 20.5. The molecule has 112 valence electrons. The van der Waals surface area contributed by atoms with Gasteiger partial charge in [-0.1, -0.05) is 30.3 Å². The second kappa shape index (κ2) is 6.67. The number of β-amino-alcohol motifs (C(OH)–C–C–N with tert-alkyl or cyclic N) is 1. The summed E-state index contributed by atoms with van der Waals surface area (Å²) in [5, 5.41) is 10.2. The summed E-state index contributed by atoms with van der Waals surface area (Å²) in [5.74, 6) is 0. The van der Waals surface area contributed by atoms with Gasteiger partial charge >= 0.3 is 0 Å². The molecular weight excluding hydrogens is 276 g/mol. The third-order valence-corrected chi connectivity index (χ3v) is 4.94. The highest BCUT2D eigenvalue weighted by atomic mass is 32.2. The summed E-state index contributed by atoms with van der Waals surface area (Å²) in [6, 6.07) is 9.56. The molecule has 0 amide bonds. The van der Waals surface area contributed by atoms with Crippen molar-refractivity contribution in [3.8, 4) is 0 Å². The second-order valence-corrected chi connectivity index (χ2v) is 7.23. The van der Waals surface area contributed by atoms with Gasteiger partial charge in [0.15, 0.2) is 0 Å².